The summed E-state index contributed by atoms with van der Waals surface area (Å²) in [6.45, 7) is 2.22. The van der Waals surface area contributed by atoms with E-state index in [2.05, 4.69) is 19.9 Å². The Hall–Kier alpha value is 0.1000. The molecule has 4 nitrogen and oxygen atoms in total. The predicted octanol–water partition coefficient (Wildman–Crippen LogP) is 1.86. The summed E-state index contributed by atoms with van der Waals surface area (Å²) >= 11 is -0.961. The first-order valence-corrected chi connectivity index (χ1v) is 12.5. The number of hydrogen-bond donors (Lipinski definition) is 1. The maximum absolute atomic E-state index is 11.5. The van der Waals surface area contributed by atoms with Gasteiger partial charge in [-0.25, -0.2) is 0 Å². The van der Waals surface area contributed by atoms with E-state index in [4.69, 9.17) is 0 Å². The second kappa shape index (κ2) is 7.40. The third-order valence-corrected chi connectivity index (χ3v) is 7.36. The van der Waals surface area contributed by atoms with Crippen molar-refractivity contribution in [3.63, 3.8) is 0 Å². The number of methoxy groups -OCH3 is 1. The van der Waals surface area contributed by atoms with Gasteiger partial charge in [0, 0.05) is 0 Å². The van der Waals surface area contributed by atoms with Crippen LogP contribution in [0.2, 0.25) is 0 Å². The van der Waals surface area contributed by atoms with Gasteiger partial charge in [0.15, 0.2) is 0 Å². The molecule has 0 saturated heterocycles. The van der Waals surface area contributed by atoms with Crippen LogP contribution in [0.1, 0.15) is 6.92 Å². The summed E-state index contributed by atoms with van der Waals surface area (Å²) < 4.78 is 4.41. The molecule has 0 fully saturated rings. The average Bonchev–Trinajstić information content (AvgIpc) is 2.12. The Kier molecular flexibility index (Phi) is 7.45. The summed E-state index contributed by atoms with van der Waals surface area (Å²) in [5, 5.41) is 2.53. The van der Waals surface area contributed by atoms with E-state index in [0.717, 1.165) is 0 Å². The number of hydrogen-bond acceptors (Lipinski definition) is 3. The van der Waals surface area contributed by atoms with Gasteiger partial charge in [0.1, 0.15) is 0 Å². The van der Waals surface area contributed by atoms with E-state index >= 15 is 0 Å². The van der Waals surface area contributed by atoms with Gasteiger partial charge in [0.25, 0.3) is 0 Å². The van der Waals surface area contributed by atoms with Crippen molar-refractivity contribution in [2.24, 2.45) is 5.92 Å². The molecule has 0 spiro atoms. The summed E-state index contributed by atoms with van der Waals surface area (Å²) in [7, 11) is 1.31. The summed E-state index contributed by atoms with van der Waals surface area (Å²) in [5.41, 5.74) is 0.275. The van der Waals surface area contributed by atoms with Crippen molar-refractivity contribution in [3.05, 3.63) is 0 Å². The second-order valence-electron chi connectivity index (χ2n) is 2.99. The Balaban J connectivity index is 3.78. The van der Waals surface area contributed by atoms with E-state index in [9.17, 15) is 9.59 Å². The molecule has 0 aromatic carbocycles. The van der Waals surface area contributed by atoms with E-state index in [1.54, 1.807) is 0 Å². The number of rotatable bonds is 5. The summed E-state index contributed by atoms with van der Waals surface area (Å²) in [4.78, 5) is 26.6. The molecule has 0 aliphatic heterocycles. The zero-order valence-electron chi connectivity index (χ0n) is 8.89. The summed E-state index contributed by atoms with van der Waals surface area (Å²) in [6, 6.07) is 0. The molecule has 2 unspecified atom stereocenters. The number of halogens is 1. The minimum absolute atomic E-state index is 0.0906. The fraction of sp³-hybridized carbons (Fsp3) is 0.750. The molecule has 0 radical (unpaired) electrons. The van der Waals surface area contributed by atoms with Gasteiger partial charge >= 0.3 is 93.1 Å². The zero-order valence-corrected chi connectivity index (χ0v) is 12.0. The molecule has 0 saturated carbocycles. The molecule has 0 bridgehead atoms. The number of alkyl carbamates (subject to hydrolysis) is 1. The molecule has 0 rings (SSSR count). The van der Waals surface area contributed by atoms with Gasteiger partial charge < -0.3 is 0 Å². The Labute approximate surface area is 93.0 Å². The molecule has 0 aromatic heterocycles. The number of ether oxygens (including phenoxy) is 1. The van der Waals surface area contributed by atoms with Crippen LogP contribution in [0.25, 0.3) is 0 Å². The first kappa shape index (κ1) is 14.1. The molecule has 0 aromatic rings. The quantitative estimate of drug-likeness (QED) is 0.475. The van der Waals surface area contributed by atoms with Crippen LogP contribution >= 0.6 is 25.5 Å². The van der Waals surface area contributed by atoms with Crippen LogP contribution in [0.5, 0.6) is 0 Å². The van der Waals surface area contributed by atoms with Crippen LogP contribution in [-0.2, 0) is 9.53 Å². The minimum atomic E-state index is -0.961. The SMILES string of the molecule is COC(=O)NCC(C)C(=O)PI(C)C. The van der Waals surface area contributed by atoms with Crippen molar-refractivity contribution in [1.29, 1.82) is 0 Å². The normalized spacial score (nSPS) is 13.9. The fourth-order valence-corrected chi connectivity index (χ4v) is 6.13. The zero-order chi connectivity index (χ0) is 11.1. The molecule has 1 N–H and O–H groups in total. The Morgan fingerprint density at radius 3 is 2.50 bits per heavy atom. The number of amides is 1. The van der Waals surface area contributed by atoms with Crippen LogP contribution in [0.4, 0.5) is 4.79 Å². The van der Waals surface area contributed by atoms with Crippen LogP contribution < -0.4 is 5.32 Å². The summed E-state index contributed by atoms with van der Waals surface area (Å²) in [5.74, 6) is -0.0906. The molecule has 2 atom stereocenters. The van der Waals surface area contributed by atoms with Gasteiger partial charge in [-0.15, -0.1) is 0 Å². The van der Waals surface area contributed by atoms with Gasteiger partial charge in [0.05, 0.1) is 0 Å². The van der Waals surface area contributed by atoms with Crippen LogP contribution in [0.3, 0.4) is 0 Å². The molecule has 0 aliphatic rings. The van der Waals surface area contributed by atoms with Gasteiger partial charge in [-0.1, -0.05) is 0 Å². The van der Waals surface area contributed by atoms with Crippen molar-refractivity contribution in [3.8, 4) is 0 Å². The molecule has 84 valence electrons. The molecule has 0 heterocycles. The first-order valence-electron chi connectivity index (χ1n) is 4.09. The van der Waals surface area contributed by atoms with Gasteiger partial charge in [-0.2, -0.15) is 0 Å². The molecule has 1 amide bonds. The molecule has 14 heavy (non-hydrogen) atoms. The third-order valence-electron chi connectivity index (χ3n) is 1.47. The molecule has 6 heteroatoms. The predicted molar refractivity (Wildman–Crippen MR) is 68.8 cm³/mol. The molecular weight excluding hydrogens is 316 g/mol. The first-order chi connectivity index (χ1) is 6.47. The van der Waals surface area contributed by atoms with Gasteiger partial charge in [0.2, 0.25) is 0 Å². The molecule has 0 aliphatic carbocycles. The average molecular weight is 333 g/mol. The van der Waals surface area contributed by atoms with Crippen molar-refractivity contribution in [2.45, 2.75) is 6.92 Å². The van der Waals surface area contributed by atoms with E-state index in [1.165, 1.54) is 7.11 Å². The summed E-state index contributed by atoms with van der Waals surface area (Å²) in [6.07, 6.45) is -0.00314. The van der Waals surface area contributed by atoms with Gasteiger partial charge in [-0.3, -0.25) is 0 Å². The van der Waals surface area contributed by atoms with Crippen molar-refractivity contribution >= 4 is 37.1 Å². The number of carbonyl (C=O) groups is 2. The van der Waals surface area contributed by atoms with Crippen LogP contribution in [-0.4, -0.2) is 35.1 Å². The van der Waals surface area contributed by atoms with Crippen LogP contribution in [0, 0.1) is 5.92 Å². The Bertz CT molecular complexity index is 211. The Morgan fingerprint density at radius 2 is 2.07 bits per heavy atom. The van der Waals surface area contributed by atoms with Crippen molar-refractivity contribution in [1.82, 2.24) is 5.32 Å². The molecular formula is C8H17INO3P. The van der Waals surface area contributed by atoms with E-state index in [1.807, 2.05) is 6.92 Å². The Morgan fingerprint density at radius 1 is 1.50 bits per heavy atom. The van der Waals surface area contributed by atoms with Crippen molar-refractivity contribution < 1.29 is 14.3 Å². The number of alkyl halides is 2. The monoisotopic (exact) mass is 333 g/mol. The van der Waals surface area contributed by atoms with E-state index in [-0.39, 0.29) is 11.4 Å². The van der Waals surface area contributed by atoms with E-state index < -0.39 is 25.4 Å². The van der Waals surface area contributed by atoms with E-state index in [0.29, 0.717) is 12.8 Å². The third kappa shape index (κ3) is 6.54. The van der Waals surface area contributed by atoms with Crippen molar-refractivity contribution in [2.75, 3.05) is 23.5 Å². The number of nitrogens with one attached hydrogen (secondary N) is 1. The topological polar surface area (TPSA) is 55.4 Å². The second-order valence-corrected chi connectivity index (χ2v) is 14.7. The standard InChI is InChI=1S/C8H17INO3P/c1-6(5-10-8(12)13-4)7(11)14-9(2)3/h6,14H,5H2,1-4H3,(H,10,12). The van der Waals surface area contributed by atoms with Gasteiger partial charge in [-0.05, 0) is 0 Å². The van der Waals surface area contributed by atoms with Crippen LogP contribution in [0.15, 0.2) is 0 Å². The fourth-order valence-electron chi connectivity index (χ4n) is 0.681. The number of carbonyl (C=O) groups excluding carboxylic acids is 2. The maximum atomic E-state index is 11.5.